The minimum atomic E-state index is -0.302. The van der Waals surface area contributed by atoms with Crippen molar-refractivity contribution in [3.8, 4) is 0 Å². The van der Waals surface area contributed by atoms with E-state index < -0.39 is 0 Å². The summed E-state index contributed by atoms with van der Waals surface area (Å²) in [5.74, 6) is 1.21. The lowest BCUT2D eigenvalue weighted by atomic mass is 10.0. The summed E-state index contributed by atoms with van der Waals surface area (Å²) in [5, 5.41) is 0. The van der Waals surface area contributed by atoms with Crippen LogP contribution in [0.3, 0.4) is 0 Å². The predicted molar refractivity (Wildman–Crippen MR) is 85.2 cm³/mol. The first kappa shape index (κ1) is 15.5. The van der Waals surface area contributed by atoms with Crippen LogP contribution in [0.5, 0.6) is 0 Å². The largest absolute Gasteiger partial charge is 0.339 e. The van der Waals surface area contributed by atoms with Crippen molar-refractivity contribution in [2.24, 2.45) is 11.8 Å². The fourth-order valence-corrected chi connectivity index (χ4v) is 4.25. The van der Waals surface area contributed by atoms with Gasteiger partial charge in [0.25, 0.3) is 5.91 Å². The molecule has 1 amide bonds. The van der Waals surface area contributed by atoms with Crippen LogP contribution in [0.4, 0.5) is 4.39 Å². The van der Waals surface area contributed by atoms with Gasteiger partial charge in [0.05, 0.1) is 0 Å². The molecule has 120 valence electrons. The van der Waals surface area contributed by atoms with Crippen molar-refractivity contribution in [1.82, 2.24) is 9.80 Å². The lowest BCUT2D eigenvalue weighted by molar-refractivity contribution is 0.0726. The first-order chi connectivity index (χ1) is 10.5. The van der Waals surface area contributed by atoms with Gasteiger partial charge in [0, 0.05) is 24.7 Å². The van der Waals surface area contributed by atoms with Gasteiger partial charge >= 0.3 is 0 Å². The molecule has 4 heteroatoms. The molecular formula is C18H25FN2O. The summed E-state index contributed by atoms with van der Waals surface area (Å²) in [7, 11) is 6.21. The van der Waals surface area contributed by atoms with E-state index in [9.17, 15) is 9.18 Å². The quantitative estimate of drug-likeness (QED) is 0.857. The van der Waals surface area contributed by atoms with E-state index in [-0.39, 0.29) is 11.7 Å². The van der Waals surface area contributed by atoms with Gasteiger partial charge in [-0.15, -0.1) is 0 Å². The van der Waals surface area contributed by atoms with E-state index in [1.165, 1.54) is 25.0 Å². The molecule has 2 aliphatic rings. The van der Waals surface area contributed by atoms with Crippen molar-refractivity contribution in [2.75, 3.05) is 21.1 Å². The molecule has 0 aliphatic heterocycles. The zero-order valence-corrected chi connectivity index (χ0v) is 13.6. The van der Waals surface area contributed by atoms with Crippen molar-refractivity contribution >= 4 is 5.91 Å². The van der Waals surface area contributed by atoms with E-state index in [1.807, 2.05) is 11.9 Å². The molecule has 0 bridgehead atoms. The molecule has 0 spiro atoms. The first-order valence-corrected chi connectivity index (χ1v) is 8.15. The van der Waals surface area contributed by atoms with Crippen LogP contribution >= 0.6 is 0 Å². The first-order valence-electron chi connectivity index (χ1n) is 8.15. The second-order valence-corrected chi connectivity index (χ2v) is 7.16. The van der Waals surface area contributed by atoms with Crippen LogP contribution in [-0.4, -0.2) is 48.9 Å². The van der Waals surface area contributed by atoms with Gasteiger partial charge in [-0.05, 0) is 75.9 Å². The highest BCUT2D eigenvalue weighted by atomic mass is 19.1. The molecule has 0 N–H and O–H groups in total. The SMILES string of the molecule is CN(C)C1C[C@@H]2CC(N(C)C(=O)c3ccc(F)cc3)C[C@@H]2C1. The van der Waals surface area contributed by atoms with E-state index in [0.717, 1.165) is 24.7 Å². The fraction of sp³-hybridized carbons (Fsp3) is 0.611. The van der Waals surface area contributed by atoms with Gasteiger partial charge in [0.15, 0.2) is 0 Å². The molecule has 3 nitrogen and oxygen atoms in total. The average Bonchev–Trinajstić information content (AvgIpc) is 3.05. The Balaban J connectivity index is 1.62. The number of hydrogen-bond donors (Lipinski definition) is 0. The number of nitrogens with zero attached hydrogens (tertiary/aromatic N) is 2. The van der Waals surface area contributed by atoms with Gasteiger partial charge in [-0.1, -0.05) is 0 Å². The van der Waals surface area contributed by atoms with Crippen molar-refractivity contribution < 1.29 is 9.18 Å². The van der Waals surface area contributed by atoms with E-state index in [2.05, 4.69) is 19.0 Å². The number of rotatable bonds is 3. The molecule has 2 unspecified atom stereocenters. The summed E-state index contributed by atoms with van der Waals surface area (Å²) in [6.07, 6.45) is 4.73. The van der Waals surface area contributed by atoms with Gasteiger partial charge in [0.1, 0.15) is 5.82 Å². The maximum atomic E-state index is 13.0. The summed E-state index contributed by atoms with van der Waals surface area (Å²) < 4.78 is 13.0. The fourth-order valence-electron chi connectivity index (χ4n) is 4.25. The summed E-state index contributed by atoms with van der Waals surface area (Å²) in [4.78, 5) is 16.7. The summed E-state index contributed by atoms with van der Waals surface area (Å²) >= 11 is 0. The van der Waals surface area contributed by atoms with Crippen molar-refractivity contribution in [2.45, 2.75) is 37.8 Å². The summed E-state index contributed by atoms with van der Waals surface area (Å²) in [5.41, 5.74) is 0.576. The Labute approximate surface area is 132 Å². The summed E-state index contributed by atoms with van der Waals surface area (Å²) in [6, 6.07) is 6.89. The molecule has 0 radical (unpaired) electrons. The number of fused-ring (bicyclic) bond motifs is 1. The topological polar surface area (TPSA) is 23.6 Å². The monoisotopic (exact) mass is 304 g/mol. The molecule has 3 rings (SSSR count). The molecule has 0 saturated heterocycles. The van der Waals surface area contributed by atoms with Gasteiger partial charge in [-0.25, -0.2) is 4.39 Å². The van der Waals surface area contributed by atoms with Crippen molar-refractivity contribution in [3.63, 3.8) is 0 Å². The Morgan fingerprint density at radius 1 is 0.955 bits per heavy atom. The third-order valence-corrected chi connectivity index (χ3v) is 5.66. The van der Waals surface area contributed by atoms with Crippen LogP contribution in [-0.2, 0) is 0 Å². The smallest absolute Gasteiger partial charge is 0.253 e. The molecule has 4 atom stereocenters. The Morgan fingerprint density at radius 3 is 1.95 bits per heavy atom. The molecule has 22 heavy (non-hydrogen) atoms. The second kappa shape index (κ2) is 5.99. The molecule has 1 aromatic rings. The third-order valence-electron chi connectivity index (χ3n) is 5.66. The van der Waals surface area contributed by atoms with Gasteiger partial charge < -0.3 is 9.80 Å². The highest BCUT2D eigenvalue weighted by Crippen LogP contribution is 2.46. The van der Waals surface area contributed by atoms with Gasteiger partial charge in [-0.2, -0.15) is 0 Å². The standard InChI is InChI=1S/C18H25FN2O/c1-20(2)16-8-13-10-17(11-14(13)9-16)21(3)18(22)12-4-6-15(19)7-5-12/h4-7,13-14,16-17H,8-11H2,1-3H3/t13-,14+,16?,17?. The van der Waals surface area contributed by atoms with E-state index >= 15 is 0 Å². The normalized spacial score (nSPS) is 30.6. The van der Waals surface area contributed by atoms with E-state index in [1.54, 1.807) is 12.1 Å². The third kappa shape index (κ3) is 2.89. The number of carbonyl (C=O) groups excluding carboxylic acids is 1. The maximum absolute atomic E-state index is 13.0. The second-order valence-electron chi connectivity index (χ2n) is 7.16. The van der Waals surface area contributed by atoms with Gasteiger partial charge in [-0.3, -0.25) is 4.79 Å². The molecule has 2 aliphatic carbocycles. The van der Waals surface area contributed by atoms with Gasteiger partial charge in [0.2, 0.25) is 0 Å². The molecule has 1 aromatic carbocycles. The molecule has 0 heterocycles. The number of benzene rings is 1. The van der Waals surface area contributed by atoms with E-state index in [4.69, 9.17) is 0 Å². The highest BCUT2D eigenvalue weighted by molar-refractivity contribution is 5.94. The highest BCUT2D eigenvalue weighted by Gasteiger charge is 2.44. The lowest BCUT2D eigenvalue weighted by Crippen LogP contribution is -2.36. The Morgan fingerprint density at radius 2 is 1.45 bits per heavy atom. The van der Waals surface area contributed by atoms with Crippen LogP contribution in [0.25, 0.3) is 0 Å². The van der Waals surface area contributed by atoms with Crippen LogP contribution in [0.15, 0.2) is 24.3 Å². The molecule has 0 aromatic heterocycles. The molecular weight excluding hydrogens is 279 g/mol. The predicted octanol–water partition coefficient (Wildman–Crippen LogP) is 3.02. The Bertz CT molecular complexity index is 529. The van der Waals surface area contributed by atoms with Crippen LogP contribution in [0.2, 0.25) is 0 Å². The Kier molecular flexibility index (Phi) is 4.22. The number of hydrogen-bond acceptors (Lipinski definition) is 2. The number of carbonyl (C=O) groups is 1. The molecule has 2 saturated carbocycles. The van der Waals surface area contributed by atoms with E-state index in [0.29, 0.717) is 17.6 Å². The minimum Gasteiger partial charge on any atom is -0.339 e. The summed E-state index contributed by atoms with van der Waals surface area (Å²) in [6.45, 7) is 0. The minimum absolute atomic E-state index is 0.00846. The lowest BCUT2D eigenvalue weighted by Gasteiger charge is -2.27. The number of amides is 1. The van der Waals surface area contributed by atoms with Crippen molar-refractivity contribution in [3.05, 3.63) is 35.6 Å². The zero-order valence-electron chi connectivity index (χ0n) is 13.6. The average molecular weight is 304 g/mol. The van der Waals surface area contributed by atoms with Crippen LogP contribution in [0.1, 0.15) is 36.0 Å². The Hall–Kier alpha value is -1.42. The van der Waals surface area contributed by atoms with Crippen molar-refractivity contribution in [1.29, 1.82) is 0 Å². The molecule has 2 fully saturated rings. The van der Waals surface area contributed by atoms with Crippen LogP contribution < -0.4 is 0 Å². The van der Waals surface area contributed by atoms with Crippen LogP contribution in [0, 0.1) is 17.7 Å². The zero-order chi connectivity index (χ0) is 15.9. The maximum Gasteiger partial charge on any atom is 0.253 e. The number of halogens is 1.